The third-order valence-electron chi connectivity index (χ3n) is 2.53. The monoisotopic (exact) mass is 280 g/mol. The average Bonchev–Trinajstić information content (AvgIpc) is 2.44. The van der Waals surface area contributed by atoms with Gasteiger partial charge in [0.2, 0.25) is 0 Å². The number of carbonyl (C=O) groups is 2. The lowest BCUT2D eigenvalue weighted by Crippen LogP contribution is -2.48. The van der Waals surface area contributed by atoms with Crippen LogP contribution in [-0.2, 0) is 14.3 Å². The third kappa shape index (κ3) is 5.27. The number of benzene rings is 1. The highest BCUT2D eigenvalue weighted by molar-refractivity contribution is 5.85. The summed E-state index contributed by atoms with van der Waals surface area (Å²) in [5.74, 6) is -0.211. The van der Waals surface area contributed by atoms with E-state index in [9.17, 15) is 9.59 Å². The van der Waals surface area contributed by atoms with Gasteiger partial charge in [0.1, 0.15) is 12.4 Å². The molecule has 0 aliphatic rings. The van der Waals surface area contributed by atoms with Crippen molar-refractivity contribution in [1.82, 2.24) is 10.9 Å². The van der Waals surface area contributed by atoms with Crippen molar-refractivity contribution in [1.29, 1.82) is 0 Å². The van der Waals surface area contributed by atoms with E-state index in [-0.39, 0.29) is 6.61 Å². The normalized spacial score (nSPS) is 11.6. The fraction of sp³-hybridized carbons (Fsp3) is 0.429. The topological polar surface area (TPSA) is 76.7 Å². The van der Waals surface area contributed by atoms with Crippen molar-refractivity contribution in [2.24, 2.45) is 0 Å². The standard InChI is InChI=1S/C14H20N2O4/c1-4-19-9-13(17)15-16-14(18)11(3)20-12-8-6-5-7-10(12)2/h5-8,11H,4,9H2,1-3H3,(H,15,17)(H,16,18). The number of ether oxygens (including phenoxy) is 2. The lowest BCUT2D eigenvalue weighted by molar-refractivity contribution is -0.134. The Balaban J connectivity index is 2.40. The first kappa shape index (κ1) is 16.0. The molecular formula is C14H20N2O4. The van der Waals surface area contributed by atoms with Crippen molar-refractivity contribution < 1.29 is 19.1 Å². The summed E-state index contributed by atoms with van der Waals surface area (Å²) < 4.78 is 10.4. The number of hydrazine groups is 1. The molecule has 0 saturated heterocycles. The zero-order valence-corrected chi connectivity index (χ0v) is 11.9. The van der Waals surface area contributed by atoms with Gasteiger partial charge in [0.05, 0.1) is 0 Å². The predicted octanol–water partition coefficient (Wildman–Crippen LogP) is 0.946. The van der Waals surface area contributed by atoms with Gasteiger partial charge in [-0.3, -0.25) is 20.4 Å². The van der Waals surface area contributed by atoms with E-state index in [0.717, 1.165) is 5.56 Å². The van der Waals surface area contributed by atoms with E-state index in [0.29, 0.717) is 12.4 Å². The van der Waals surface area contributed by atoms with Gasteiger partial charge in [-0.05, 0) is 32.4 Å². The van der Waals surface area contributed by atoms with Crippen molar-refractivity contribution in [3.8, 4) is 5.75 Å². The molecule has 0 aromatic heterocycles. The van der Waals surface area contributed by atoms with Crippen LogP contribution in [0.1, 0.15) is 19.4 Å². The number of rotatable bonds is 6. The smallest absolute Gasteiger partial charge is 0.279 e. The van der Waals surface area contributed by atoms with E-state index in [1.807, 2.05) is 25.1 Å². The van der Waals surface area contributed by atoms with Gasteiger partial charge in [-0.1, -0.05) is 18.2 Å². The van der Waals surface area contributed by atoms with Gasteiger partial charge >= 0.3 is 0 Å². The van der Waals surface area contributed by atoms with Crippen LogP contribution in [0.15, 0.2) is 24.3 Å². The number of amides is 2. The third-order valence-corrected chi connectivity index (χ3v) is 2.53. The molecule has 1 aromatic rings. The van der Waals surface area contributed by atoms with Crippen LogP contribution in [0, 0.1) is 6.92 Å². The highest BCUT2D eigenvalue weighted by Gasteiger charge is 2.16. The Bertz CT molecular complexity index is 462. The van der Waals surface area contributed by atoms with Gasteiger partial charge in [0.15, 0.2) is 6.10 Å². The lowest BCUT2D eigenvalue weighted by atomic mass is 10.2. The minimum Gasteiger partial charge on any atom is -0.481 e. The van der Waals surface area contributed by atoms with E-state index in [4.69, 9.17) is 9.47 Å². The summed E-state index contributed by atoms with van der Waals surface area (Å²) in [5.41, 5.74) is 5.48. The molecule has 0 fully saturated rings. The summed E-state index contributed by atoms with van der Waals surface area (Å²) in [5, 5.41) is 0. The molecule has 1 unspecified atom stereocenters. The van der Waals surface area contributed by atoms with Gasteiger partial charge in [0, 0.05) is 6.61 Å². The van der Waals surface area contributed by atoms with Crippen LogP contribution in [0.25, 0.3) is 0 Å². The summed E-state index contributed by atoms with van der Waals surface area (Å²) in [6.45, 7) is 5.63. The number of hydrogen-bond acceptors (Lipinski definition) is 4. The molecule has 6 heteroatoms. The molecule has 1 aromatic carbocycles. The van der Waals surface area contributed by atoms with Crippen molar-refractivity contribution >= 4 is 11.8 Å². The second-order valence-electron chi connectivity index (χ2n) is 4.20. The fourth-order valence-corrected chi connectivity index (χ4v) is 1.40. The Kier molecular flexibility index (Phi) is 6.52. The quantitative estimate of drug-likeness (QED) is 0.761. The molecule has 1 atom stereocenters. The molecule has 0 heterocycles. The molecule has 2 amide bonds. The predicted molar refractivity (Wildman–Crippen MR) is 74.0 cm³/mol. The van der Waals surface area contributed by atoms with E-state index >= 15 is 0 Å². The molecule has 2 N–H and O–H groups in total. The van der Waals surface area contributed by atoms with Crippen LogP contribution in [0.2, 0.25) is 0 Å². The Morgan fingerprint density at radius 2 is 1.95 bits per heavy atom. The Morgan fingerprint density at radius 3 is 2.60 bits per heavy atom. The molecule has 0 bridgehead atoms. The Labute approximate surface area is 118 Å². The zero-order valence-electron chi connectivity index (χ0n) is 11.9. The van der Waals surface area contributed by atoms with E-state index < -0.39 is 17.9 Å². The average molecular weight is 280 g/mol. The summed E-state index contributed by atoms with van der Waals surface area (Å²) in [4.78, 5) is 23.0. The van der Waals surface area contributed by atoms with Crippen molar-refractivity contribution in [2.75, 3.05) is 13.2 Å². The maximum Gasteiger partial charge on any atom is 0.279 e. The first-order chi connectivity index (χ1) is 9.54. The number of carbonyl (C=O) groups excluding carboxylic acids is 2. The Morgan fingerprint density at radius 1 is 1.25 bits per heavy atom. The van der Waals surface area contributed by atoms with Gasteiger partial charge in [-0.25, -0.2) is 0 Å². The molecule has 0 spiro atoms. The Hall–Kier alpha value is -2.08. The van der Waals surface area contributed by atoms with Gasteiger partial charge < -0.3 is 9.47 Å². The van der Waals surface area contributed by atoms with Crippen LogP contribution < -0.4 is 15.6 Å². The van der Waals surface area contributed by atoms with Gasteiger partial charge in [-0.15, -0.1) is 0 Å². The van der Waals surface area contributed by atoms with Crippen LogP contribution in [-0.4, -0.2) is 31.1 Å². The van der Waals surface area contributed by atoms with Gasteiger partial charge in [-0.2, -0.15) is 0 Å². The molecular weight excluding hydrogens is 260 g/mol. The highest BCUT2D eigenvalue weighted by Crippen LogP contribution is 2.17. The molecule has 0 aliphatic heterocycles. The summed E-state index contributed by atoms with van der Waals surface area (Å²) in [7, 11) is 0. The number of nitrogens with one attached hydrogen (secondary N) is 2. The minimum atomic E-state index is -0.719. The minimum absolute atomic E-state index is 0.0934. The van der Waals surface area contributed by atoms with Crippen molar-refractivity contribution in [2.45, 2.75) is 26.9 Å². The molecule has 6 nitrogen and oxygen atoms in total. The molecule has 1 rings (SSSR count). The largest absolute Gasteiger partial charge is 0.481 e. The number of para-hydroxylation sites is 1. The molecule has 0 radical (unpaired) electrons. The van der Waals surface area contributed by atoms with Crippen molar-refractivity contribution in [3.63, 3.8) is 0 Å². The maximum atomic E-state index is 11.7. The summed E-state index contributed by atoms with van der Waals surface area (Å²) in [6, 6.07) is 7.40. The molecule has 0 saturated carbocycles. The first-order valence-electron chi connectivity index (χ1n) is 6.43. The highest BCUT2D eigenvalue weighted by atomic mass is 16.5. The molecule has 110 valence electrons. The van der Waals surface area contributed by atoms with Crippen LogP contribution in [0.3, 0.4) is 0 Å². The van der Waals surface area contributed by atoms with Crippen LogP contribution in [0.5, 0.6) is 5.75 Å². The second-order valence-corrected chi connectivity index (χ2v) is 4.20. The SMILES string of the molecule is CCOCC(=O)NNC(=O)C(C)Oc1ccccc1C. The lowest BCUT2D eigenvalue weighted by Gasteiger charge is -2.16. The number of aryl methyl sites for hydroxylation is 1. The second kappa shape index (κ2) is 8.16. The maximum absolute atomic E-state index is 11.7. The summed E-state index contributed by atoms with van der Waals surface area (Å²) >= 11 is 0. The van der Waals surface area contributed by atoms with E-state index in [1.165, 1.54) is 0 Å². The molecule has 0 aliphatic carbocycles. The van der Waals surface area contributed by atoms with E-state index in [1.54, 1.807) is 19.9 Å². The van der Waals surface area contributed by atoms with Crippen LogP contribution >= 0.6 is 0 Å². The fourth-order valence-electron chi connectivity index (χ4n) is 1.40. The van der Waals surface area contributed by atoms with Crippen molar-refractivity contribution in [3.05, 3.63) is 29.8 Å². The van der Waals surface area contributed by atoms with Gasteiger partial charge in [0.25, 0.3) is 11.8 Å². The first-order valence-corrected chi connectivity index (χ1v) is 6.43. The summed E-state index contributed by atoms with van der Waals surface area (Å²) in [6.07, 6.45) is -0.719. The van der Waals surface area contributed by atoms with E-state index in [2.05, 4.69) is 10.9 Å². The zero-order chi connectivity index (χ0) is 15.0. The van der Waals surface area contributed by atoms with Crippen LogP contribution in [0.4, 0.5) is 0 Å². The number of hydrogen-bond donors (Lipinski definition) is 2. The molecule has 20 heavy (non-hydrogen) atoms.